The second kappa shape index (κ2) is 9.76. The van der Waals surface area contributed by atoms with Gasteiger partial charge in [0.05, 0.1) is 11.4 Å². The Bertz CT molecular complexity index is 1160. The summed E-state index contributed by atoms with van der Waals surface area (Å²) in [6.07, 6.45) is 7.35. The zero-order valence-electron chi connectivity index (χ0n) is 23.1. The van der Waals surface area contributed by atoms with Crippen molar-refractivity contribution in [1.29, 1.82) is 0 Å². The lowest BCUT2D eigenvalue weighted by Crippen LogP contribution is -2.59. The number of nitrogens with one attached hydrogen (secondary N) is 1. The standard InChI is InChI=1S/C29H42N6O2/c1-7-25(36)35-17-29(18-35)10-11-34(16-29)27-31-24-15-28(5,6)9-8-23(24)26(32-27)30-21(12-19(2)3)14-22-13-20(4)33-37-22/h7,13,19,21H,1,8-12,14-18H2,2-6H3,(H,30,31,32). The summed E-state index contributed by atoms with van der Waals surface area (Å²) < 4.78 is 5.57. The summed E-state index contributed by atoms with van der Waals surface area (Å²) >= 11 is 0. The highest BCUT2D eigenvalue weighted by atomic mass is 16.5. The van der Waals surface area contributed by atoms with Crippen molar-refractivity contribution in [1.82, 2.24) is 20.0 Å². The summed E-state index contributed by atoms with van der Waals surface area (Å²) in [7, 11) is 0. The molecule has 0 bridgehead atoms. The number of hydrogen-bond acceptors (Lipinski definition) is 7. The molecular formula is C29H42N6O2. The minimum atomic E-state index is 0.0287. The number of aromatic nitrogens is 3. The molecule has 1 amide bonds. The van der Waals surface area contributed by atoms with Crippen LogP contribution in [0.5, 0.6) is 0 Å². The molecule has 200 valence electrons. The smallest absolute Gasteiger partial charge is 0.245 e. The Labute approximate surface area is 220 Å². The summed E-state index contributed by atoms with van der Waals surface area (Å²) in [6, 6.07) is 2.23. The van der Waals surface area contributed by atoms with Gasteiger partial charge in [-0.05, 0) is 56.4 Å². The van der Waals surface area contributed by atoms with E-state index in [0.29, 0.717) is 5.92 Å². The van der Waals surface area contributed by atoms with Crippen LogP contribution in [0.15, 0.2) is 23.2 Å². The molecule has 1 atom stereocenters. The first kappa shape index (κ1) is 25.7. The van der Waals surface area contributed by atoms with E-state index >= 15 is 0 Å². The number of rotatable bonds is 8. The van der Waals surface area contributed by atoms with Crippen LogP contribution in [-0.2, 0) is 24.1 Å². The molecule has 4 heterocycles. The number of carbonyl (C=O) groups excluding carboxylic acids is 1. The van der Waals surface area contributed by atoms with E-state index in [1.165, 1.54) is 17.3 Å². The molecule has 2 aliphatic heterocycles. The average molecular weight is 507 g/mol. The molecule has 8 heteroatoms. The largest absolute Gasteiger partial charge is 0.366 e. The van der Waals surface area contributed by atoms with E-state index in [9.17, 15) is 4.79 Å². The van der Waals surface area contributed by atoms with Gasteiger partial charge >= 0.3 is 0 Å². The number of aryl methyl sites for hydroxylation is 1. The molecule has 5 rings (SSSR count). The minimum absolute atomic E-state index is 0.0287. The van der Waals surface area contributed by atoms with Crippen molar-refractivity contribution in [2.45, 2.75) is 79.2 Å². The maximum Gasteiger partial charge on any atom is 0.245 e. The topological polar surface area (TPSA) is 87.4 Å². The van der Waals surface area contributed by atoms with Gasteiger partial charge in [-0.2, -0.15) is 4.98 Å². The predicted octanol–water partition coefficient (Wildman–Crippen LogP) is 4.58. The normalized spacial score (nSPS) is 20.6. The van der Waals surface area contributed by atoms with Crippen molar-refractivity contribution in [3.05, 3.63) is 41.4 Å². The number of fused-ring (bicyclic) bond motifs is 1. The molecule has 8 nitrogen and oxygen atoms in total. The first-order valence-corrected chi connectivity index (χ1v) is 13.8. The van der Waals surface area contributed by atoms with Gasteiger partial charge in [-0.15, -0.1) is 0 Å². The predicted molar refractivity (Wildman–Crippen MR) is 146 cm³/mol. The maximum atomic E-state index is 12.0. The van der Waals surface area contributed by atoms with E-state index in [-0.39, 0.29) is 22.8 Å². The molecule has 0 radical (unpaired) electrons. The van der Waals surface area contributed by atoms with Crippen molar-refractivity contribution >= 4 is 17.7 Å². The molecule has 3 aliphatic rings. The molecule has 1 N–H and O–H groups in total. The van der Waals surface area contributed by atoms with Crippen molar-refractivity contribution in [2.75, 3.05) is 36.4 Å². The first-order valence-electron chi connectivity index (χ1n) is 13.8. The Morgan fingerprint density at radius 3 is 2.70 bits per heavy atom. The number of amides is 1. The minimum Gasteiger partial charge on any atom is -0.366 e. The number of likely N-dealkylation sites (tertiary alicyclic amines) is 1. The van der Waals surface area contributed by atoms with Crippen LogP contribution in [-0.4, -0.2) is 58.2 Å². The van der Waals surface area contributed by atoms with Crippen LogP contribution in [0.4, 0.5) is 11.8 Å². The Hall–Kier alpha value is -2.90. The third-order valence-corrected chi connectivity index (χ3v) is 8.26. The molecule has 37 heavy (non-hydrogen) atoms. The fourth-order valence-electron chi connectivity index (χ4n) is 6.32. The van der Waals surface area contributed by atoms with Gasteiger partial charge in [-0.25, -0.2) is 4.98 Å². The third kappa shape index (κ3) is 5.53. The molecule has 2 fully saturated rings. The Morgan fingerprint density at radius 2 is 2.03 bits per heavy atom. The van der Waals surface area contributed by atoms with Crippen LogP contribution in [0.1, 0.15) is 69.7 Å². The van der Waals surface area contributed by atoms with Gasteiger partial charge in [-0.3, -0.25) is 4.79 Å². The zero-order chi connectivity index (χ0) is 26.4. The van der Waals surface area contributed by atoms with Crippen LogP contribution in [0, 0.1) is 23.7 Å². The van der Waals surface area contributed by atoms with E-state index in [4.69, 9.17) is 14.5 Å². The fourth-order valence-corrected chi connectivity index (χ4v) is 6.32. The highest BCUT2D eigenvalue weighted by Crippen LogP contribution is 2.42. The van der Waals surface area contributed by atoms with E-state index in [1.54, 1.807) is 0 Å². The third-order valence-electron chi connectivity index (χ3n) is 8.26. The SMILES string of the molecule is C=CC(=O)N1CC2(CCN(c3nc4c(c(NC(Cc5cc(C)no5)CC(C)C)n3)CCC(C)(C)C4)C2)C1. The molecule has 2 aromatic heterocycles. The van der Waals surface area contributed by atoms with E-state index in [0.717, 1.165) is 87.9 Å². The summed E-state index contributed by atoms with van der Waals surface area (Å²) in [5.41, 5.74) is 3.74. The first-order chi connectivity index (χ1) is 17.5. The highest BCUT2D eigenvalue weighted by molar-refractivity contribution is 5.87. The lowest BCUT2D eigenvalue weighted by molar-refractivity contribution is -0.136. The van der Waals surface area contributed by atoms with Gasteiger partial charge in [0.2, 0.25) is 11.9 Å². The van der Waals surface area contributed by atoms with E-state index in [2.05, 4.69) is 49.6 Å². The van der Waals surface area contributed by atoms with Gasteiger partial charge in [-0.1, -0.05) is 39.4 Å². The van der Waals surface area contributed by atoms with Crippen molar-refractivity contribution in [3.63, 3.8) is 0 Å². The Balaban J connectivity index is 1.41. The Morgan fingerprint density at radius 1 is 1.24 bits per heavy atom. The summed E-state index contributed by atoms with van der Waals surface area (Å²) in [5, 5.41) is 7.93. The molecule has 0 saturated carbocycles. The van der Waals surface area contributed by atoms with E-state index in [1.807, 2.05) is 17.9 Å². The van der Waals surface area contributed by atoms with Crippen molar-refractivity contribution in [2.24, 2.45) is 16.7 Å². The second-order valence-electron chi connectivity index (χ2n) is 12.8. The molecule has 1 spiro atoms. The zero-order valence-corrected chi connectivity index (χ0v) is 23.1. The Kier molecular flexibility index (Phi) is 6.79. The van der Waals surface area contributed by atoms with Gasteiger partial charge in [0.25, 0.3) is 0 Å². The average Bonchev–Trinajstić information content (AvgIpc) is 3.42. The lowest BCUT2D eigenvalue weighted by atomic mass is 9.76. The molecule has 0 aromatic carbocycles. The molecule has 1 unspecified atom stereocenters. The van der Waals surface area contributed by atoms with Crippen LogP contribution >= 0.6 is 0 Å². The fraction of sp³-hybridized carbons (Fsp3) is 0.655. The van der Waals surface area contributed by atoms with Crippen LogP contribution < -0.4 is 10.2 Å². The van der Waals surface area contributed by atoms with Gasteiger partial charge in [0.1, 0.15) is 11.6 Å². The van der Waals surface area contributed by atoms with Crippen LogP contribution in [0.3, 0.4) is 0 Å². The van der Waals surface area contributed by atoms with Gasteiger partial charge < -0.3 is 19.6 Å². The van der Waals surface area contributed by atoms with Gasteiger partial charge in [0, 0.05) is 55.7 Å². The second-order valence-corrected chi connectivity index (χ2v) is 12.8. The number of nitrogens with zero attached hydrogens (tertiary/aromatic N) is 5. The highest BCUT2D eigenvalue weighted by Gasteiger charge is 2.49. The maximum absolute atomic E-state index is 12.0. The molecule has 2 aromatic rings. The lowest BCUT2D eigenvalue weighted by Gasteiger charge is -2.47. The van der Waals surface area contributed by atoms with Crippen molar-refractivity contribution < 1.29 is 9.32 Å². The molecule has 2 saturated heterocycles. The molecule has 1 aliphatic carbocycles. The quantitative estimate of drug-likeness (QED) is 0.524. The monoisotopic (exact) mass is 506 g/mol. The summed E-state index contributed by atoms with van der Waals surface area (Å²) in [5.74, 6) is 3.28. The van der Waals surface area contributed by atoms with Crippen molar-refractivity contribution in [3.8, 4) is 0 Å². The molecular weight excluding hydrogens is 464 g/mol. The summed E-state index contributed by atoms with van der Waals surface area (Å²) in [4.78, 5) is 26.6. The van der Waals surface area contributed by atoms with Crippen LogP contribution in [0.2, 0.25) is 0 Å². The number of anilines is 2. The number of hydrogen-bond donors (Lipinski definition) is 1. The van der Waals surface area contributed by atoms with Crippen LogP contribution in [0.25, 0.3) is 0 Å². The summed E-state index contributed by atoms with van der Waals surface area (Å²) in [6.45, 7) is 18.2. The number of carbonyl (C=O) groups is 1. The van der Waals surface area contributed by atoms with Gasteiger partial charge in [0.15, 0.2) is 0 Å². The van der Waals surface area contributed by atoms with E-state index < -0.39 is 0 Å².